The van der Waals surface area contributed by atoms with Gasteiger partial charge in [0.1, 0.15) is 5.75 Å². The third kappa shape index (κ3) is 3.59. The van der Waals surface area contributed by atoms with Crippen molar-refractivity contribution in [1.82, 2.24) is 5.32 Å². The van der Waals surface area contributed by atoms with Crippen molar-refractivity contribution in [2.45, 2.75) is 23.5 Å². The van der Waals surface area contributed by atoms with Crippen molar-refractivity contribution in [1.29, 1.82) is 0 Å². The number of hydrogen-bond donors (Lipinski definition) is 1. The lowest BCUT2D eigenvalue weighted by Crippen LogP contribution is -2.09. The van der Waals surface area contributed by atoms with Gasteiger partial charge in [-0.3, -0.25) is 4.79 Å². The van der Waals surface area contributed by atoms with E-state index < -0.39 is 0 Å². The molecule has 0 amide bonds. The third-order valence-corrected chi connectivity index (χ3v) is 5.10. The number of carbonyl (C=O) groups is 1. The number of thioether (sulfide) groups is 1. The third-order valence-electron chi connectivity index (χ3n) is 3.94. The summed E-state index contributed by atoms with van der Waals surface area (Å²) in [7, 11) is 1.96. The molecular formula is C19H21NO2S. The molecule has 120 valence electrons. The van der Waals surface area contributed by atoms with E-state index in [1.807, 2.05) is 49.5 Å². The van der Waals surface area contributed by atoms with Crippen LogP contribution in [0.5, 0.6) is 5.75 Å². The standard InChI is InChI=1S/C19H21NO2S/c1-20-11-4-5-12-22-17-10-6-9-16-18(21)15-8-3-2-7-14(15)13-23-19(16)17/h2-3,6-10,20H,4-5,11-13H2,1H3. The molecule has 2 aromatic carbocycles. The first-order valence-corrected chi connectivity index (χ1v) is 8.95. The number of hydrogen-bond acceptors (Lipinski definition) is 4. The minimum Gasteiger partial charge on any atom is -0.492 e. The molecule has 1 aliphatic heterocycles. The highest BCUT2D eigenvalue weighted by molar-refractivity contribution is 7.98. The Labute approximate surface area is 141 Å². The van der Waals surface area contributed by atoms with E-state index in [9.17, 15) is 4.79 Å². The quantitative estimate of drug-likeness (QED) is 0.817. The molecule has 23 heavy (non-hydrogen) atoms. The molecule has 0 spiro atoms. The maximum Gasteiger partial charge on any atom is 0.194 e. The van der Waals surface area contributed by atoms with E-state index in [1.54, 1.807) is 11.8 Å². The van der Waals surface area contributed by atoms with Gasteiger partial charge >= 0.3 is 0 Å². The van der Waals surface area contributed by atoms with Gasteiger partial charge in [-0.15, -0.1) is 11.8 Å². The molecule has 0 radical (unpaired) electrons. The summed E-state index contributed by atoms with van der Waals surface area (Å²) >= 11 is 1.69. The fourth-order valence-electron chi connectivity index (χ4n) is 2.71. The normalized spacial score (nSPS) is 13.2. The average Bonchev–Trinajstić information content (AvgIpc) is 2.73. The van der Waals surface area contributed by atoms with Crippen LogP contribution in [0.4, 0.5) is 0 Å². The molecule has 0 fully saturated rings. The van der Waals surface area contributed by atoms with Crippen LogP contribution in [0.1, 0.15) is 34.3 Å². The molecule has 0 unspecified atom stereocenters. The smallest absolute Gasteiger partial charge is 0.194 e. The van der Waals surface area contributed by atoms with Gasteiger partial charge in [-0.1, -0.05) is 30.3 Å². The van der Waals surface area contributed by atoms with Gasteiger partial charge in [0.2, 0.25) is 0 Å². The summed E-state index contributed by atoms with van der Waals surface area (Å²) in [4.78, 5) is 13.8. The Hall–Kier alpha value is -1.78. The zero-order valence-electron chi connectivity index (χ0n) is 13.3. The van der Waals surface area contributed by atoms with Gasteiger partial charge in [0.05, 0.1) is 11.5 Å². The van der Waals surface area contributed by atoms with Crippen LogP contribution in [0.3, 0.4) is 0 Å². The summed E-state index contributed by atoms with van der Waals surface area (Å²) in [5.41, 5.74) is 2.66. The number of fused-ring (bicyclic) bond motifs is 2. The van der Waals surface area contributed by atoms with Crippen LogP contribution in [-0.2, 0) is 5.75 Å². The Bertz CT molecular complexity index is 700. The van der Waals surface area contributed by atoms with Crippen LogP contribution in [0, 0.1) is 0 Å². The molecule has 0 bridgehead atoms. The fraction of sp³-hybridized carbons (Fsp3) is 0.316. The Morgan fingerprint density at radius 2 is 1.91 bits per heavy atom. The SMILES string of the molecule is CNCCCCOc1cccc2c1SCc1ccccc1C2=O. The number of nitrogens with one attached hydrogen (secondary N) is 1. The lowest BCUT2D eigenvalue weighted by molar-refractivity contribution is 0.103. The topological polar surface area (TPSA) is 38.3 Å². The lowest BCUT2D eigenvalue weighted by Gasteiger charge is -2.12. The highest BCUT2D eigenvalue weighted by atomic mass is 32.2. The molecule has 0 atom stereocenters. The highest BCUT2D eigenvalue weighted by Gasteiger charge is 2.23. The first kappa shape index (κ1) is 16.1. The first-order valence-electron chi connectivity index (χ1n) is 7.97. The summed E-state index contributed by atoms with van der Waals surface area (Å²) in [5.74, 6) is 1.73. The molecule has 0 aromatic heterocycles. The van der Waals surface area contributed by atoms with E-state index in [-0.39, 0.29) is 5.78 Å². The maximum absolute atomic E-state index is 12.8. The summed E-state index contributed by atoms with van der Waals surface area (Å²) in [6.07, 6.45) is 2.09. The van der Waals surface area contributed by atoms with E-state index in [0.29, 0.717) is 6.61 Å². The molecule has 1 N–H and O–H groups in total. The fourth-order valence-corrected chi connectivity index (χ4v) is 3.84. The lowest BCUT2D eigenvalue weighted by atomic mass is 9.99. The minimum atomic E-state index is 0.0984. The van der Waals surface area contributed by atoms with Crippen molar-refractivity contribution in [2.24, 2.45) is 0 Å². The van der Waals surface area contributed by atoms with Crippen molar-refractivity contribution in [2.75, 3.05) is 20.2 Å². The van der Waals surface area contributed by atoms with Crippen LogP contribution >= 0.6 is 11.8 Å². The number of ether oxygens (including phenoxy) is 1. The van der Waals surface area contributed by atoms with Gasteiger partial charge in [0.15, 0.2) is 5.78 Å². The predicted molar refractivity (Wildman–Crippen MR) is 94.5 cm³/mol. The van der Waals surface area contributed by atoms with E-state index in [2.05, 4.69) is 5.32 Å². The minimum absolute atomic E-state index is 0.0984. The molecule has 0 saturated carbocycles. The van der Waals surface area contributed by atoms with Crippen molar-refractivity contribution in [3.05, 3.63) is 59.2 Å². The number of rotatable bonds is 6. The van der Waals surface area contributed by atoms with Gasteiger partial charge in [-0.05, 0) is 44.1 Å². The van der Waals surface area contributed by atoms with Crippen molar-refractivity contribution in [3.63, 3.8) is 0 Å². The molecule has 0 saturated heterocycles. The van der Waals surface area contributed by atoms with Crippen LogP contribution in [0.2, 0.25) is 0 Å². The predicted octanol–water partition coefficient (Wildman–Crippen LogP) is 3.90. The largest absolute Gasteiger partial charge is 0.492 e. The second-order valence-corrected chi connectivity index (χ2v) is 6.55. The molecule has 2 aromatic rings. The number of unbranched alkanes of at least 4 members (excludes halogenated alkanes) is 1. The first-order chi connectivity index (χ1) is 11.3. The van der Waals surface area contributed by atoms with Crippen molar-refractivity contribution >= 4 is 17.5 Å². The second-order valence-electron chi connectivity index (χ2n) is 5.57. The maximum atomic E-state index is 12.8. The highest BCUT2D eigenvalue weighted by Crippen LogP contribution is 2.39. The van der Waals surface area contributed by atoms with E-state index in [0.717, 1.165) is 52.5 Å². The van der Waals surface area contributed by atoms with Crippen LogP contribution < -0.4 is 10.1 Å². The Kier molecular flexibility index (Phi) is 5.36. The van der Waals surface area contributed by atoms with Gasteiger partial charge in [-0.25, -0.2) is 0 Å². The van der Waals surface area contributed by atoms with Crippen LogP contribution in [0.15, 0.2) is 47.4 Å². The zero-order valence-corrected chi connectivity index (χ0v) is 14.1. The van der Waals surface area contributed by atoms with E-state index >= 15 is 0 Å². The summed E-state index contributed by atoms with van der Waals surface area (Å²) in [6, 6.07) is 13.6. The summed E-state index contributed by atoms with van der Waals surface area (Å²) in [6.45, 7) is 1.68. The average molecular weight is 327 g/mol. The van der Waals surface area contributed by atoms with Gasteiger partial charge < -0.3 is 10.1 Å². The monoisotopic (exact) mass is 327 g/mol. The Morgan fingerprint density at radius 3 is 2.78 bits per heavy atom. The number of ketones is 1. The van der Waals surface area contributed by atoms with Crippen LogP contribution in [0.25, 0.3) is 0 Å². The van der Waals surface area contributed by atoms with Gasteiger partial charge in [0, 0.05) is 16.9 Å². The second kappa shape index (κ2) is 7.66. The molecule has 4 heteroatoms. The molecular weight excluding hydrogens is 306 g/mol. The van der Waals surface area contributed by atoms with Crippen molar-refractivity contribution < 1.29 is 9.53 Å². The molecule has 1 aliphatic rings. The molecule has 3 rings (SSSR count). The zero-order chi connectivity index (χ0) is 16.1. The van der Waals surface area contributed by atoms with Crippen LogP contribution in [-0.4, -0.2) is 26.0 Å². The summed E-state index contributed by atoms with van der Waals surface area (Å²) < 4.78 is 5.95. The molecule has 3 nitrogen and oxygen atoms in total. The number of benzene rings is 2. The number of carbonyl (C=O) groups excluding carboxylic acids is 1. The summed E-state index contributed by atoms with van der Waals surface area (Å²) in [5, 5.41) is 3.14. The van der Waals surface area contributed by atoms with E-state index in [1.165, 1.54) is 0 Å². The molecule has 1 heterocycles. The van der Waals surface area contributed by atoms with E-state index in [4.69, 9.17) is 4.74 Å². The van der Waals surface area contributed by atoms with Gasteiger partial charge in [0.25, 0.3) is 0 Å². The Morgan fingerprint density at radius 1 is 1.09 bits per heavy atom. The Balaban J connectivity index is 1.81. The van der Waals surface area contributed by atoms with Crippen molar-refractivity contribution in [3.8, 4) is 5.75 Å². The van der Waals surface area contributed by atoms with Gasteiger partial charge in [-0.2, -0.15) is 0 Å². The molecule has 0 aliphatic carbocycles.